The molecule has 1 unspecified atom stereocenters. The Hall–Kier alpha value is -1.46. The lowest BCUT2D eigenvalue weighted by molar-refractivity contribution is 0.112. The summed E-state index contributed by atoms with van der Waals surface area (Å²) in [4.78, 5) is 13.6. The number of fused-ring (bicyclic) bond motifs is 1. The highest BCUT2D eigenvalue weighted by Gasteiger charge is 2.03. The maximum atomic E-state index is 10.7. The molecule has 1 heterocycles. The van der Waals surface area contributed by atoms with E-state index in [1.807, 2.05) is 0 Å². The molecule has 0 saturated heterocycles. The second-order valence-electron chi connectivity index (χ2n) is 3.19. The van der Waals surface area contributed by atoms with Crippen molar-refractivity contribution in [3.8, 4) is 0 Å². The van der Waals surface area contributed by atoms with E-state index in [0.717, 1.165) is 17.2 Å². The molecule has 1 aromatic heterocycles. The van der Waals surface area contributed by atoms with E-state index in [2.05, 4.69) is 4.98 Å². The molecular weight excluding hydrogens is 214 g/mol. The van der Waals surface area contributed by atoms with Gasteiger partial charge in [-0.25, -0.2) is 0 Å². The third kappa shape index (κ3) is 1.98. The Morgan fingerprint density at radius 2 is 2.27 bits per heavy atom. The zero-order chi connectivity index (χ0) is 10.8. The SMILES string of the molecule is O=Cc1c[nH]c2ccc(CS(=O)[O-])cc12. The van der Waals surface area contributed by atoms with E-state index in [4.69, 9.17) is 0 Å². The Morgan fingerprint density at radius 3 is 2.93 bits per heavy atom. The molecule has 2 aromatic rings. The highest BCUT2D eigenvalue weighted by molar-refractivity contribution is 7.78. The maximum Gasteiger partial charge on any atom is 0.152 e. The molecule has 1 atom stereocenters. The van der Waals surface area contributed by atoms with Gasteiger partial charge in [0, 0.05) is 28.4 Å². The van der Waals surface area contributed by atoms with Crippen LogP contribution < -0.4 is 0 Å². The van der Waals surface area contributed by atoms with Crippen LogP contribution in [0.25, 0.3) is 10.9 Å². The van der Waals surface area contributed by atoms with Crippen molar-refractivity contribution in [2.75, 3.05) is 0 Å². The molecule has 1 aromatic carbocycles. The highest BCUT2D eigenvalue weighted by atomic mass is 32.2. The quantitative estimate of drug-likeness (QED) is 0.629. The number of aromatic nitrogens is 1. The molecule has 0 radical (unpaired) electrons. The van der Waals surface area contributed by atoms with Gasteiger partial charge in [0.15, 0.2) is 6.29 Å². The lowest BCUT2D eigenvalue weighted by Gasteiger charge is -2.04. The fourth-order valence-electron chi connectivity index (χ4n) is 1.51. The van der Waals surface area contributed by atoms with Crippen LogP contribution in [-0.2, 0) is 16.8 Å². The summed E-state index contributed by atoms with van der Waals surface area (Å²) in [5.74, 6) is -0.0284. The average molecular weight is 222 g/mol. The van der Waals surface area contributed by atoms with Crippen molar-refractivity contribution < 1.29 is 13.6 Å². The number of carbonyl (C=O) groups is 1. The van der Waals surface area contributed by atoms with Gasteiger partial charge in [-0.3, -0.25) is 9.00 Å². The van der Waals surface area contributed by atoms with Gasteiger partial charge in [0.1, 0.15) is 0 Å². The normalized spacial score (nSPS) is 12.9. The molecule has 0 bridgehead atoms. The van der Waals surface area contributed by atoms with Crippen LogP contribution >= 0.6 is 0 Å². The summed E-state index contributed by atoms with van der Waals surface area (Å²) in [6, 6.07) is 5.21. The number of rotatable bonds is 3. The molecular formula is C10H8NO3S-. The van der Waals surface area contributed by atoms with E-state index in [9.17, 15) is 13.6 Å². The van der Waals surface area contributed by atoms with E-state index in [0.29, 0.717) is 11.1 Å². The molecule has 0 fully saturated rings. The third-order valence-electron chi connectivity index (χ3n) is 2.19. The number of hydrogen-bond donors (Lipinski definition) is 1. The molecule has 0 spiro atoms. The second-order valence-corrected chi connectivity index (χ2v) is 4.09. The van der Waals surface area contributed by atoms with Crippen LogP contribution in [0.4, 0.5) is 0 Å². The van der Waals surface area contributed by atoms with E-state index in [-0.39, 0.29) is 5.75 Å². The minimum absolute atomic E-state index is 0.0284. The molecule has 78 valence electrons. The van der Waals surface area contributed by atoms with Gasteiger partial charge >= 0.3 is 0 Å². The summed E-state index contributed by atoms with van der Waals surface area (Å²) in [7, 11) is 0. The van der Waals surface area contributed by atoms with Gasteiger partial charge in [-0.15, -0.1) is 0 Å². The summed E-state index contributed by atoms with van der Waals surface area (Å²) < 4.78 is 21.0. The molecule has 0 aliphatic rings. The van der Waals surface area contributed by atoms with Crippen molar-refractivity contribution in [1.29, 1.82) is 0 Å². The van der Waals surface area contributed by atoms with E-state index in [1.165, 1.54) is 0 Å². The van der Waals surface area contributed by atoms with Crippen LogP contribution in [0.2, 0.25) is 0 Å². The number of hydrogen-bond acceptors (Lipinski definition) is 3. The largest absolute Gasteiger partial charge is 0.772 e. The molecule has 0 amide bonds. The molecule has 4 nitrogen and oxygen atoms in total. The van der Waals surface area contributed by atoms with Crippen LogP contribution in [0, 0.1) is 0 Å². The highest BCUT2D eigenvalue weighted by Crippen LogP contribution is 2.19. The molecule has 0 aliphatic carbocycles. The lowest BCUT2D eigenvalue weighted by atomic mass is 10.1. The van der Waals surface area contributed by atoms with Crippen molar-refractivity contribution in [2.24, 2.45) is 0 Å². The Labute approximate surface area is 88.6 Å². The topological polar surface area (TPSA) is 73.0 Å². The summed E-state index contributed by atoms with van der Waals surface area (Å²) >= 11 is -2.10. The Morgan fingerprint density at radius 1 is 1.47 bits per heavy atom. The van der Waals surface area contributed by atoms with E-state index >= 15 is 0 Å². The lowest BCUT2D eigenvalue weighted by Crippen LogP contribution is -1.92. The van der Waals surface area contributed by atoms with E-state index in [1.54, 1.807) is 24.4 Å². The molecule has 0 aliphatic heterocycles. The summed E-state index contributed by atoms with van der Waals surface area (Å²) in [6.45, 7) is 0. The maximum absolute atomic E-state index is 10.7. The molecule has 1 N–H and O–H groups in total. The van der Waals surface area contributed by atoms with Gasteiger partial charge in [0.05, 0.1) is 0 Å². The number of carbonyl (C=O) groups excluding carboxylic acids is 1. The molecule has 5 heteroatoms. The predicted molar refractivity (Wildman–Crippen MR) is 56.3 cm³/mol. The average Bonchev–Trinajstić information content (AvgIpc) is 2.59. The minimum atomic E-state index is -2.10. The first-order chi connectivity index (χ1) is 7.20. The van der Waals surface area contributed by atoms with Gasteiger partial charge in [0.25, 0.3) is 0 Å². The van der Waals surface area contributed by atoms with Crippen molar-refractivity contribution in [3.63, 3.8) is 0 Å². The van der Waals surface area contributed by atoms with Crippen molar-refractivity contribution >= 4 is 28.3 Å². The minimum Gasteiger partial charge on any atom is -0.772 e. The number of aromatic amines is 1. The molecule has 0 saturated carbocycles. The van der Waals surface area contributed by atoms with Gasteiger partial charge < -0.3 is 9.54 Å². The Kier molecular flexibility index (Phi) is 2.66. The van der Waals surface area contributed by atoms with Crippen LogP contribution in [0.5, 0.6) is 0 Å². The fourth-order valence-corrected chi connectivity index (χ4v) is 1.96. The van der Waals surface area contributed by atoms with Gasteiger partial charge in [-0.05, 0) is 17.7 Å². The van der Waals surface area contributed by atoms with Gasteiger partial charge in [0.2, 0.25) is 0 Å². The number of H-pyrrole nitrogens is 1. The Balaban J connectivity index is 2.52. The van der Waals surface area contributed by atoms with Crippen molar-refractivity contribution in [1.82, 2.24) is 4.98 Å². The number of benzene rings is 1. The molecule has 2 rings (SSSR count). The zero-order valence-electron chi connectivity index (χ0n) is 7.73. The van der Waals surface area contributed by atoms with Gasteiger partial charge in [-0.1, -0.05) is 17.1 Å². The standard InChI is InChI=1S/C10H9NO3S/c12-5-8-4-11-10-2-1-7(3-9(8)10)6-15(13)14/h1-5,11H,6H2,(H,13,14)/p-1. The third-order valence-corrected chi connectivity index (χ3v) is 2.76. The summed E-state index contributed by atoms with van der Waals surface area (Å²) in [5, 5.41) is 0.757. The van der Waals surface area contributed by atoms with Crippen LogP contribution in [-0.4, -0.2) is 20.0 Å². The fraction of sp³-hybridized carbons (Fsp3) is 0.100. The second kappa shape index (κ2) is 3.96. The number of aldehydes is 1. The Bertz CT molecular complexity index is 532. The van der Waals surface area contributed by atoms with Crippen LogP contribution in [0.3, 0.4) is 0 Å². The van der Waals surface area contributed by atoms with Crippen molar-refractivity contribution in [2.45, 2.75) is 5.75 Å². The van der Waals surface area contributed by atoms with Gasteiger partial charge in [-0.2, -0.15) is 0 Å². The van der Waals surface area contributed by atoms with Crippen LogP contribution in [0.1, 0.15) is 15.9 Å². The van der Waals surface area contributed by atoms with E-state index < -0.39 is 11.1 Å². The monoisotopic (exact) mass is 222 g/mol. The summed E-state index contributed by atoms with van der Waals surface area (Å²) in [5.41, 5.74) is 2.06. The number of nitrogens with one attached hydrogen (secondary N) is 1. The smallest absolute Gasteiger partial charge is 0.152 e. The first-order valence-corrected chi connectivity index (χ1v) is 5.56. The first-order valence-electron chi connectivity index (χ1n) is 4.32. The predicted octanol–water partition coefficient (Wildman–Crippen LogP) is 1.36. The van der Waals surface area contributed by atoms with Crippen LogP contribution in [0.15, 0.2) is 24.4 Å². The molecule has 15 heavy (non-hydrogen) atoms. The summed E-state index contributed by atoms with van der Waals surface area (Å²) in [6.07, 6.45) is 2.35. The first kappa shape index (κ1) is 10.1. The zero-order valence-corrected chi connectivity index (χ0v) is 8.54. The van der Waals surface area contributed by atoms with Crippen molar-refractivity contribution in [3.05, 3.63) is 35.5 Å².